The molecule has 0 saturated heterocycles. The zero-order valence-corrected chi connectivity index (χ0v) is 10.5. The fraction of sp³-hybridized carbons (Fsp3) is 0.571. The van der Waals surface area contributed by atoms with Crippen molar-refractivity contribution in [2.24, 2.45) is 5.73 Å². The van der Waals surface area contributed by atoms with Gasteiger partial charge in [0.05, 0.1) is 0 Å². The highest BCUT2D eigenvalue weighted by Gasteiger charge is 2.13. The molecule has 0 fully saturated rings. The second kappa shape index (κ2) is 5.44. The van der Waals surface area contributed by atoms with Crippen LogP contribution in [-0.2, 0) is 11.8 Å². The maximum atomic E-state index is 13.0. The van der Waals surface area contributed by atoms with Gasteiger partial charge in [0.2, 0.25) is 0 Å². The molecule has 0 aliphatic heterocycles. The maximum Gasteiger partial charge on any atom is 0.113 e. The Hall–Kier alpha value is -0.890. The van der Waals surface area contributed by atoms with Crippen molar-refractivity contribution in [1.82, 2.24) is 0 Å². The zero-order valence-electron chi connectivity index (χ0n) is 10.5. The first kappa shape index (κ1) is 13.2. The van der Waals surface area contributed by atoms with E-state index in [1.807, 2.05) is 6.07 Å². The molecule has 1 nitrogen and oxygen atoms in total. The van der Waals surface area contributed by atoms with Crippen molar-refractivity contribution >= 4 is 0 Å². The molecule has 0 aromatic heterocycles. The third-order valence-corrected chi connectivity index (χ3v) is 2.80. The molecule has 1 atom stereocenters. The van der Waals surface area contributed by atoms with Crippen LogP contribution in [0.25, 0.3) is 0 Å². The van der Waals surface area contributed by atoms with Crippen LogP contribution in [0.15, 0.2) is 24.3 Å². The molecule has 1 rings (SSSR count). The lowest BCUT2D eigenvalue weighted by Crippen LogP contribution is -2.16. The largest absolute Gasteiger partial charge is 0.328 e. The Morgan fingerprint density at radius 3 is 2.56 bits per heavy atom. The van der Waals surface area contributed by atoms with Crippen LogP contribution in [0, 0.1) is 0 Å². The normalized spacial score (nSPS) is 13.8. The smallest absolute Gasteiger partial charge is 0.113 e. The van der Waals surface area contributed by atoms with Crippen LogP contribution < -0.4 is 5.73 Å². The number of benzene rings is 1. The van der Waals surface area contributed by atoms with E-state index in [1.54, 1.807) is 0 Å². The van der Waals surface area contributed by atoms with E-state index in [2.05, 4.69) is 39.0 Å². The third-order valence-electron chi connectivity index (χ3n) is 2.80. The molecule has 1 unspecified atom stereocenters. The van der Waals surface area contributed by atoms with Gasteiger partial charge in [-0.2, -0.15) is 0 Å². The predicted molar refractivity (Wildman–Crippen MR) is 67.4 cm³/mol. The second-order valence-corrected chi connectivity index (χ2v) is 5.32. The number of nitrogens with two attached hydrogens (primary N) is 1. The highest BCUT2D eigenvalue weighted by atomic mass is 19.1. The first-order chi connectivity index (χ1) is 7.43. The molecule has 0 amide bonds. The summed E-state index contributed by atoms with van der Waals surface area (Å²) in [6.07, 6.45) is 0.408. The van der Waals surface area contributed by atoms with Gasteiger partial charge in [0.15, 0.2) is 0 Å². The average Bonchev–Trinajstić information content (AvgIpc) is 2.25. The Labute approximate surface area is 97.9 Å². The first-order valence-electron chi connectivity index (χ1n) is 5.87. The summed E-state index contributed by atoms with van der Waals surface area (Å²) in [6.45, 7) is 6.68. The van der Waals surface area contributed by atoms with Crippen molar-refractivity contribution in [2.75, 3.05) is 6.54 Å². The van der Waals surface area contributed by atoms with Gasteiger partial charge in [-0.25, -0.2) is 4.39 Å². The van der Waals surface area contributed by atoms with E-state index in [9.17, 15) is 4.39 Å². The Morgan fingerprint density at radius 2 is 2.00 bits per heavy atom. The van der Waals surface area contributed by atoms with Crippen LogP contribution in [0.5, 0.6) is 0 Å². The topological polar surface area (TPSA) is 26.0 Å². The van der Waals surface area contributed by atoms with Gasteiger partial charge >= 0.3 is 0 Å². The molecule has 0 heterocycles. The maximum absolute atomic E-state index is 13.0. The lowest BCUT2D eigenvalue weighted by molar-refractivity contribution is 0.323. The molecular weight excluding hydrogens is 201 g/mol. The molecule has 1 aromatic rings. The molecule has 0 radical (unpaired) electrons. The van der Waals surface area contributed by atoms with Crippen molar-refractivity contribution in [2.45, 2.75) is 45.2 Å². The summed E-state index contributed by atoms with van der Waals surface area (Å²) < 4.78 is 13.0. The van der Waals surface area contributed by atoms with E-state index < -0.39 is 6.17 Å². The Morgan fingerprint density at radius 1 is 1.31 bits per heavy atom. The van der Waals surface area contributed by atoms with Gasteiger partial charge in [0.1, 0.15) is 6.17 Å². The van der Waals surface area contributed by atoms with Crippen LogP contribution in [0.2, 0.25) is 0 Å². The minimum absolute atomic E-state index is 0.124. The van der Waals surface area contributed by atoms with E-state index in [0.29, 0.717) is 6.42 Å². The summed E-state index contributed by atoms with van der Waals surface area (Å²) >= 11 is 0. The van der Waals surface area contributed by atoms with E-state index in [-0.39, 0.29) is 12.0 Å². The minimum atomic E-state index is -0.877. The zero-order chi connectivity index (χ0) is 12.2. The fourth-order valence-electron chi connectivity index (χ4n) is 1.63. The van der Waals surface area contributed by atoms with Gasteiger partial charge in [-0.3, -0.25) is 0 Å². The number of aryl methyl sites for hydroxylation is 1. The number of alkyl halides is 1. The molecule has 0 saturated carbocycles. The van der Waals surface area contributed by atoms with Crippen LogP contribution in [-0.4, -0.2) is 12.7 Å². The summed E-state index contributed by atoms with van der Waals surface area (Å²) in [5.41, 5.74) is 7.91. The standard InChI is InChI=1S/C14H22FN/c1-14(2,3)12-6-4-5-11(9-12)7-8-13(15)10-16/h4-6,9,13H,7-8,10,16H2,1-3H3. The molecule has 0 aliphatic rings. The van der Waals surface area contributed by atoms with Crippen molar-refractivity contribution < 1.29 is 4.39 Å². The highest BCUT2D eigenvalue weighted by Crippen LogP contribution is 2.23. The number of halogens is 1. The van der Waals surface area contributed by atoms with Crippen molar-refractivity contribution in [3.63, 3.8) is 0 Å². The molecule has 0 bridgehead atoms. The predicted octanol–water partition coefficient (Wildman–Crippen LogP) is 3.21. The summed E-state index contributed by atoms with van der Waals surface area (Å²) in [5, 5.41) is 0. The Balaban J connectivity index is 2.68. The van der Waals surface area contributed by atoms with Crippen LogP contribution in [0.1, 0.15) is 38.3 Å². The SMILES string of the molecule is CC(C)(C)c1cccc(CCC(F)CN)c1. The monoisotopic (exact) mass is 223 g/mol. The van der Waals surface area contributed by atoms with Crippen LogP contribution in [0.3, 0.4) is 0 Å². The molecule has 0 aliphatic carbocycles. The van der Waals surface area contributed by atoms with Crippen LogP contribution in [0.4, 0.5) is 4.39 Å². The quantitative estimate of drug-likeness (QED) is 0.833. The second-order valence-electron chi connectivity index (χ2n) is 5.32. The van der Waals surface area contributed by atoms with Gasteiger partial charge in [0, 0.05) is 6.54 Å². The number of hydrogen-bond donors (Lipinski definition) is 1. The molecular formula is C14H22FN. The average molecular weight is 223 g/mol. The Bertz CT molecular complexity index is 328. The molecule has 0 spiro atoms. The van der Waals surface area contributed by atoms with E-state index in [1.165, 1.54) is 11.1 Å². The Kier molecular flexibility index (Phi) is 4.48. The van der Waals surface area contributed by atoms with Gasteiger partial charge < -0.3 is 5.73 Å². The number of rotatable bonds is 4. The fourth-order valence-corrected chi connectivity index (χ4v) is 1.63. The highest BCUT2D eigenvalue weighted by molar-refractivity contribution is 5.28. The van der Waals surface area contributed by atoms with Crippen molar-refractivity contribution in [1.29, 1.82) is 0 Å². The van der Waals surface area contributed by atoms with Crippen LogP contribution >= 0.6 is 0 Å². The minimum Gasteiger partial charge on any atom is -0.328 e. The molecule has 2 heteroatoms. The molecule has 16 heavy (non-hydrogen) atoms. The van der Waals surface area contributed by atoms with Gasteiger partial charge in [-0.15, -0.1) is 0 Å². The van der Waals surface area contributed by atoms with E-state index in [0.717, 1.165) is 6.42 Å². The van der Waals surface area contributed by atoms with Crippen molar-refractivity contribution in [3.8, 4) is 0 Å². The van der Waals surface area contributed by atoms with Gasteiger partial charge in [0.25, 0.3) is 0 Å². The first-order valence-corrected chi connectivity index (χ1v) is 5.87. The van der Waals surface area contributed by atoms with Gasteiger partial charge in [-0.1, -0.05) is 45.0 Å². The lowest BCUT2D eigenvalue weighted by atomic mass is 9.86. The van der Waals surface area contributed by atoms with Crippen molar-refractivity contribution in [3.05, 3.63) is 35.4 Å². The molecule has 1 aromatic carbocycles. The van der Waals surface area contributed by atoms with E-state index in [4.69, 9.17) is 5.73 Å². The third kappa shape index (κ3) is 3.93. The summed E-state index contributed by atoms with van der Waals surface area (Å²) in [4.78, 5) is 0. The summed E-state index contributed by atoms with van der Waals surface area (Å²) in [7, 11) is 0. The molecule has 2 N–H and O–H groups in total. The number of hydrogen-bond acceptors (Lipinski definition) is 1. The van der Waals surface area contributed by atoms with E-state index >= 15 is 0 Å². The lowest BCUT2D eigenvalue weighted by Gasteiger charge is -2.19. The summed E-state index contributed by atoms with van der Waals surface area (Å²) in [5.74, 6) is 0. The van der Waals surface area contributed by atoms with Gasteiger partial charge in [-0.05, 0) is 29.4 Å². The summed E-state index contributed by atoms with van der Waals surface area (Å²) in [6, 6.07) is 8.40. The molecule has 90 valence electrons.